The van der Waals surface area contributed by atoms with E-state index in [4.69, 9.17) is 12.2 Å². The second-order valence-corrected chi connectivity index (χ2v) is 7.76. The van der Waals surface area contributed by atoms with E-state index in [0.29, 0.717) is 27.9 Å². The molecule has 0 unspecified atom stereocenters. The predicted molar refractivity (Wildman–Crippen MR) is 112 cm³/mol. The van der Waals surface area contributed by atoms with Gasteiger partial charge in [0.05, 0.1) is 4.91 Å². The molecule has 28 heavy (non-hydrogen) atoms. The fraction of sp³-hybridized carbons (Fsp3) is 0.150. The number of halogens is 1. The predicted octanol–water partition coefficient (Wildman–Crippen LogP) is 4.15. The Morgan fingerprint density at radius 3 is 2.54 bits per heavy atom. The number of phenolic OH excluding ortho intramolecular Hbond substituents is 1. The van der Waals surface area contributed by atoms with Gasteiger partial charge in [-0.25, -0.2) is 4.39 Å². The quantitative estimate of drug-likeness (QED) is 0.547. The van der Waals surface area contributed by atoms with Crippen molar-refractivity contribution in [2.24, 2.45) is 0 Å². The maximum Gasteiger partial charge on any atom is 0.266 e. The molecule has 1 aliphatic rings. The molecular weight excluding hydrogens is 399 g/mol. The molecule has 2 aromatic rings. The molecule has 2 amide bonds. The lowest BCUT2D eigenvalue weighted by Gasteiger charge is -2.14. The molecule has 8 heteroatoms. The number of thioether (sulfide) groups is 1. The summed E-state index contributed by atoms with van der Waals surface area (Å²) in [7, 11) is 0. The lowest BCUT2D eigenvalue weighted by atomic mass is 10.2. The largest absolute Gasteiger partial charge is 0.508 e. The molecule has 0 bridgehead atoms. The van der Waals surface area contributed by atoms with E-state index in [1.165, 1.54) is 40.9 Å². The summed E-state index contributed by atoms with van der Waals surface area (Å²) in [6.45, 7) is 0.342. The third-order valence-corrected chi connectivity index (χ3v) is 5.36. The van der Waals surface area contributed by atoms with Crippen molar-refractivity contribution in [3.63, 3.8) is 0 Å². The SMILES string of the molecule is O=C(CCCN1C(=O)/C(=C/c2ccc(O)cc2)SC1=S)Nc1ccc(F)cc1. The fourth-order valence-electron chi connectivity index (χ4n) is 2.57. The molecule has 0 aromatic heterocycles. The highest BCUT2D eigenvalue weighted by atomic mass is 32.2. The highest BCUT2D eigenvalue weighted by Gasteiger charge is 2.31. The van der Waals surface area contributed by atoms with Gasteiger partial charge < -0.3 is 10.4 Å². The van der Waals surface area contributed by atoms with Crippen LogP contribution in [0, 0.1) is 5.82 Å². The number of anilines is 1. The third kappa shape index (κ3) is 5.17. The Balaban J connectivity index is 1.52. The number of phenols is 1. The van der Waals surface area contributed by atoms with Crippen LogP contribution in [-0.2, 0) is 9.59 Å². The number of aromatic hydroxyl groups is 1. The fourth-order valence-corrected chi connectivity index (χ4v) is 3.88. The zero-order chi connectivity index (χ0) is 20.1. The van der Waals surface area contributed by atoms with Gasteiger partial charge in [-0.3, -0.25) is 14.5 Å². The van der Waals surface area contributed by atoms with Crippen molar-refractivity contribution >= 4 is 51.9 Å². The Morgan fingerprint density at radius 1 is 1.18 bits per heavy atom. The van der Waals surface area contributed by atoms with Crippen LogP contribution >= 0.6 is 24.0 Å². The number of carbonyl (C=O) groups is 2. The number of nitrogens with one attached hydrogen (secondary N) is 1. The number of amides is 2. The average Bonchev–Trinajstić information content (AvgIpc) is 2.93. The second kappa shape index (κ2) is 8.99. The summed E-state index contributed by atoms with van der Waals surface area (Å²) in [5.41, 5.74) is 1.31. The average molecular weight is 416 g/mol. The van der Waals surface area contributed by atoms with Crippen molar-refractivity contribution in [3.05, 3.63) is 64.8 Å². The molecule has 1 aliphatic heterocycles. The summed E-state index contributed by atoms with van der Waals surface area (Å²) in [6.07, 6.45) is 2.39. The number of hydrogen-bond acceptors (Lipinski definition) is 5. The lowest BCUT2D eigenvalue weighted by Crippen LogP contribution is -2.29. The van der Waals surface area contributed by atoms with Crippen molar-refractivity contribution in [2.45, 2.75) is 12.8 Å². The summed E-state index contributed by atoms with van der Waals surface area (Å²) in [4.78, 5) is 26.5. The van der Waals surface area contributed by atoms with E-state index >= 15 is 0 Å². The van der Waals surface area contributed by atoms with Crippen LogP contribution in [0.4, 0.5) is 10.1 Å². The summed E-state index contributed by atoms with van der Waals surface area (Å²) < 4.78 is 13.3. The highest BCUT2D eigenvalue weighted by Crippen LogP contribution is 2.32. The normalized spacial score (nSPS) is 15.3. The molecule has 0 spiro atoms. The number of thiocarbonyl (C=S) groups is 1. The molecule has 2 N–H and O–H groups in total. The molecule has 0 radical (unpaired) electrons. The molecule has 1 saturated heterocycles. The molecule has 5 nitrogen and oxygen atoms in total. The number of nitrogens with zero attached hydrogens (tertiary/aromatic N) is 1. The van der Waals surface area contributed by atoms with Crippen LogP contribution in [0.5, 0.6) is 5.75 Å². The van der Waals surface area contributed by atoms with Crippen LogP contribution in [0.1, 0.15) is 18.4 Å². The molecule has 144 valence electrons. The third-order valence-electron chi connectivity index (χ3n) is 3.98. The van der Waals surface area contributed by atoms with Crippen molar-refractivity contribution in [3.8, 4) is 5.75 Å². The van der Waals surface area contributed by atoms with Gasteiger partial charge in [-0.15, -0.1) is 0 Å². The number of carbonyl (C=O) groups excluding carboxylic acids is 2. The summed E-state index contributed by atoms with van der Waals surface area (Å²) in [6, 6.07) is 12.0. The zero-order valence-corrected chi connectivity index (χ0v) is 16.4. The van der Waals surface area contributed by atoms with Crippen molar-refractivity contribution < 1.29 is 19.1 Å². The van der Waals surface area contributed by atoms with E-state index < -0.39 is 0 Å². The molecule has 2 aromatic carbocycles. The second-order valence-electron chi connectivity index (χ2n) is 6.08. The first-order chi connectivity index (χ1) is 13.4. The van der Waals surface area contributed by atoms with E-state index in [9.17, 15) is 19.1 Å². The minimum absolute atomic E-state index is 0.156. The van der Waals surface area contributed by atoms with Crippen LogP contribution in [0.25, 0.3) is 6.08 Å². The van der Waals surface area contributed by atoms with Crippen LogP contribution < -0.4 is 5.32 Å². The van der Waals surface area contributed by atoms with Crippen LogP contribution in [0.2, 0.25) is 0 Å². The van der Waals surface area contributed by atoms with E-state index in [-0.39, 0.29) is 29.8 Å². The molecule has 3 rings (SSSR count). The Kier molecular flexibility index (Phi) is 6.43. The molecule has 0 saturated carbocycles. The van der Waals surface area contributed by atoms with Gasteiger partial charge >= 0.3 is 0 Å². The number of benzene rings is 2. The molecule has 0 atom stereocenters. The Bertz CT molecular complexity index is 927. The zero-order valence-electron chi connectivity index (χ0n) is 14.7. The Hall–Kier alpha value is -2.71. The number of hydrogen-bond donors (Lipinski definition) is 2. The maximum atomic E-state index is 12.9. The number of rotatable bonds is 6. The molecule has 1 fully saturated rings. The minimum Gasteiger partial charge on any atom is -0.508 e. The standard InChI is InChI=1S/C20H17FN2O3S2/c21-14-5-7-15(8-6-14)22-18(25)2-1-11-23-19(26)17(28-20(23)27)12-13-3-9-16(24)10-4-13/h3-10,12,24H,1-2,11H2,(H,22,25)/b17-12-. The smallest absolute Gasteiger partial charge is 0.266 e. The first-order valence-electron chi connectivity index (χ1n) is 8.52. The van der Waals surface area contributed by atoms with Gasteiger partial charge in [0.2, 0.25) is 5.91 Å². The van der Waals surface area contributed by atoms with E-state index in [1.54, 1.807) is 30.3 Å². The monoisotopic (exact) mass is 416 g/mol. The highest BCUT2D eigenvalue weighted by molar-refractivity contribution is 8.26. The van der Waals surface area contributed by atoms with Gasteiger partial charge in [-0.2, -0.15) is 0 Å². The Labute approximate surface area is 171 Å². The van der Waals surface area contributed by atoms with Gasteiger partial charge in [-0.1, -0.05) is 36.1 Å². The minimum atomic E-state index is -0.368. The topological polar surface area (TPSA) is 69.6 Å². The first-order valence-corrected chi connectivity index (χ1v) is 9.75. The van der Waals surface area contributed by atoms with Crippen LogP contribution in [-0.4, -0.2) is 32.7 Å². The van der Waals surface area contributed by atoms with Crippen molar-refractivity contribution in [1.29, 1.82) is 0 Å². The van der Waals surface area contributed by atoms with Gasteiger partial charge in [0, 0.05) is 18.7 Å². The van der Waals surface area contributed by atoms with Crippen molar-refractivity contribution in [2.75, 3.05) is 11.9 Å². The van der Waals surface area contributed by atoms with E-state index in [0.717, 1.165) is 5.56 Å². The summed E-state index contributed by atoms with van der Waals surface area (Å²) in [5, 5.41) is 12.0. The Morgan fingerprint density at radius 2 is 1.86 bits per heavy atom. The first kappa shape index (κ1) is 20.0. The molecular formula is C20H17FN2O3S2. The van der Waals surface area contributed by atoms with Gasteiger partial charge in [0.25, 0.3) is 5.91 Å². The summed E-state index contributed by atoms with van der Waals surface area (Å²) in [5.74, 6) is -0.616. The van der Waals surface area contributed by atoms with Crippen LogP contribution in [0.3, 0.4) is 0 Å². The molecule has 1 heterocycles. The van der Waals surface area contributed by atoms with E-state index in [2.05, 4.69) is 5.32 Å². The maximum absolute atomic E-state index is 12.9. The van der Waals surface area contributed by atoms with Gasteiger partial charge in [-0.05, 0) is 54.5 Å². The molecule has 0 aliphatic carbocycles. The van der Waals surface area contributed by atoms with Crippen molar-refractivity contribution in [1.82, 2.24) is 4.90 Å². The van der Waals surface area contributed by atoms with E-state index in [1.807, 2.05) is 0 Å². The van der Waals surface area contributed by atoms with Gasteiger partial charge in [0.15, 0.2) is 0 Å². The lowest BCUT2D eigenvalue weighted by molar-refractivity contribution is -0.122. The van der Waals surface area contributed by atoms with Crippen LogP contribution in [0.15, 0.2) is 53.4 Å². The summed E-state index contributed by atoms with van der Waals surface area (Å²) >= 11 is 6.49. The van der Waals surface area contributed by atoms with Gasteiger partial charge in [0.1, 0.15) is 15.9 Å².